The summed E-state index contributed by atoms with van der Waals surface area (Å²) in [6.07, 6.45) is 4.93. The first-order chi connectivity index (χ1) is 15.5. The fraction of sp³-hybridized carbons (Fsp3) is 0.577. The molecule has 180 valence electrons. The second kappa shape index (κ2) is 10.5. The van der Waals surface area contributed by atoms with E-state index in [1.54, 1.807) is 13.1 Å². The van der Waals surface area contributed by atoms with E-state index in [0.717, 1.165) is 17.8 Å². The highest BCUT2D eigenvalue weighted by molar-refractivity contribution is 5.77. The summed E-state index contributed by atoms with van der Waals surface area (Å²) in [7, 11) is 0. The Morgan fingerprint density at radius 2 is 1.94 bits per heavy atom. The largest absolute Gasteiger partial charge is 0.459 e. The van der Waals surface area contributed by atoms with Crippen molar-refractivity contribution in [2.75, 3.05) is 0 Å². The van der Waals surface area contributed by atoms with Crippen molar-refractivity contribution < 1.29 is 14.3 Å². The van der Waals surface area contributed by atoms with Crippen LogP contribution in [0, 0.1) is 5.92 Å². The molecule has 1 amide bonds. The zero-order valence-electron chi connectivity index (χ0n) is 20.7. The molecule has 0 saturated carbocycles. The second-order valence-corrected chi connectivity index (χ2v) is 10.5. The molecule has 0 spiro atoms. The molecule has 7 heteroatoms. The molecule has 1 aromatic heterocycles. The van der Waals surface area contributed by atoms with Gasteiger partial charge in [-0.3, -0.25) is 14.5 Å². The maximum atomic E-state index is 13.4. The molecular formula is C26H38N4O3. The second-order valence-electron chi connectivity index (χ2n) is 10.5. The third-order valence-corrected chi connectivity index (χ3v) is 5.96. The number of hydrogen-bond donors (Lipinski definition) is 2. The van der Waals surface area contributed by atoms with Crippen LogP contribution in [0.5, 0.6) is 0 Å². The lowest BCUT2D eigenvalue weighted by Gasteiger charge is -2.37. The monoisotopic (exact) mass is 454 g/mol. The van der Waals surface area contributed by atoms with Crippen LogP contribution >= 0.6 is 0 Å². The number of aromatic amines is 1. The van der Waals surface area contributed by atoms with Crippen LogP contribution in [-0.2, 0) is 20.9 Å². The number of carbonyl (C=O) groups is 2. The van der Waals surface area contributed by atoms with Crippen molar-refractivity contribution in [3.8, 4) is 0 Å². The van der Waals surface area contributed by atoms with E-state index >= 15 is 0 Å². The van der Waals surface area contributed by atoms with E-state index in [9.17, 15) is 9.59 Å². The van der Waals surface area contributed by atoms with Crippen molar-refractivity contribution in [3.63, 3.8) is 0 Å². The summed E-state index contributed by atoms with van der Waals surface area (Å²) in [6, 6.07) is 9.46. The lowest BCUT2D eigenvalue weighted by atomic mass is 9.87. The van der Waals surface area contributed by atoms with E-state index in [2.05, 4.69) is 46.2 Å². The molecule has 0 bridgehead atoms. The van der Waals surface area contributed by atoms with Crippen molar-refractivity contribution in [2.45, 2.75) is 90.6 Å². The Labute approximate surface area is 197 Å². The number of amides is 1. The molecule has 2 N–H and O–H groups in total. The molecule has 1 aliphatic heterocycles. The summed E-state index contributed by atoms with van der Waals surface area (Å²) in [5.41, 5.74) is 0.533. The van der Waals surface area contributed by atoms with Gasteiger partial charge in [0.05, 0.1) is 0 Å². The van der Waals surface area contributed by atoms with Gasteiger partial charge >= 0.3 is 5.97 Å². The minimum absolute atomic E-state index is 0.0446. The van der Waals surface area contributed by atoms with Gasteiger partial charge in [0, 0.05) is 43.9 Å². The fourth-order valence-electron chi connectivity index (χ4n) is 4.88. The van der Waals surface area contributed by atoms with Crippen molar-refractivity contribution in [2.24, 2.45) is 5.92 Å². The number of likely N-dealkylation sites (tertiary alicyclic amines) is 1. The Morgan fingerprint density at radius 3 is 2.48 bits per heavy atom. The van der Waals surface area contributed by atoms with Crippen LogP contribution in [0.15, 0.2) is 42.7 Å². The summed E-state index contributed by atoms with van der Waals surface area (Å²) < 4.78 is 5.85. The average Bonchev–Trinajstić information content (AvgIpc) is 3.34. The quantitative estimate of drug-likeness (QED) is 0.588. The number of H-pyrrole nitrogens is 1. The number of imidazole rings is 1. The Morgan fingerprint density at radius 1 is 1.24 bits per heavy atom. The molecule has 33 heavy (non-hydrogen) atoms. The number of esters is 1. The van der Waals surface area contributed by atoms with Gasteiger partial charge in [-0.1, -0.05) is 44.2 Å². The van der Waals surface area contributed by atoms with Crippen molar-refractivity contribution in [1.29, 1.82) is 0 Å². The van der Waals surface area contributed by atoms with E-state index in [-0.39, 0.29) is 29.9 Å². The summed E-state index contributed by atoms with van der Waals surface area (Å²) >= 11 is 0. The molecule has 1 aliphatic rings. The number of carbonyl (C=O) groups excluding carboxylic acids is 2. The molecule has 0 unspecified atom stereocenters. The Balaban J connectivity index is 2.06. The van der Waals surface area contributed by atoms with Gasteiger partial charge in [-0.15, -0.1) is 0 Å². The van der Waals surface area contributed by atoms with Gasteiger partial charge in [-0.25, -0.2) is 4.98 Å². The molecule has 0 aliphatic carbocycles. The number of hydrogen-bond acceptors (Lipinski definition) is 5. The zero-order valence-corrected chi connectivity index (χ0v) is 20.7. The van der Waals surface area contributed by atoms with Gasteiger partial charge in [0.2, 0.25) is 5.91 Å². The van der Waals surface area contributed by atoms with Gasteiger partial charge in [0.15, 0.2) is 0 Å². The minimum Gasteiger partial charge on any atom is -0.459 e. The molecule has 2 aromatic rings. The van der Waals surface area contributed by atoms with Gasteiger partial charge < -0.3 is 15.0 Å². The number of rotatable bonds is 8. The van der Waals surface area contributed by atoms with E-state index in [4.69, 9.17) is 4.74 Å². The predicted octanol–water partition coefficient (Wildman–Crippen LogP) is 4.03. The molecule has 1 saturated heterocycles. The number of aromatic nitrogens is 2. The summed E-state index contributed by atoms with van der Waals surface area (Å²) in [4.78, 5) is 35.7. The summed E-state index contributed by atoms with van der Waals surface area (Å²) in [5.74, 6) is 0.862. The molecule has 4 atom stereocenters. The first-order valence-electron chi connectivity index (χ1n) is 11.8. The standard InChI is InChI=1S/C26H38N4O3/c1-17(2)14-21(29-18(3)31)23-20(24-27-12-13-28-24)15-22(25(32)33-26(4,5)6)30(23)16-19-10-8-7-9-11-19/h7-13,17,20-23H,14-16H2,1-6H3,(H,27,28)(H,29,31)/t20-,21+,22-,23-/m1/s1. The lowest BCUT2D eigenvalue weighted by Crippen LogP contribution is -2.53. The molecule has 7 nitrogen and oxygen atoms in total. The average molecular weight is 455 g/mol. The van der Waals surface area contributed by atoms with E-state index in [1.807, 2.05) is 45.2 Å². The lowest BCUT2D eigenvalue weighted by molar-refractivity contribution is -0.161. The molecule has 0 radical (unpaired) electrons. The van der Waals surface area contributed by atoms with E-state index in [0.29, 0.717) is 18.9 Å². The molecule has 1 aromatic carbocycles. The topological polar surface area (TPSA) is 87.3 Å². The zero-order chi connectivity index (χ0) is 24.2. The smallest absolute Gasteiger partial charge is 0.323 e. The maximum Gasteiger partial charge on any atom is 0.323 e. The van der Waals surface area contributed by atoms with Crippen LogP contribution in [0.3, 0.4) is 0 Å². The van der Waals surface area contributed by atoms with Crippen molar-refractivity contribution in [3.05, 3.63) is 54.1 Å². The van der Waals surface area contributed by atoms with Crippen LogP contribution in [-0.4, -0.2) is 50.5 Å². The highest BCUT2D eigenvalue weighted by atomic mass is 16.6. The van der Waals surface area contributed by atoms with Gasteiger partial charge in [-0.2, -0.15) is 0 Å². The highest BCUT2D eigenvalue weighted by Gasteiger charge is 2.50. The summed E-state index contributed by atoms with van der Waals surface area (Å²) in [5, 5.41) is 3.19. The van der Waals surface area contributed by atoms with Crippen LogP contribution in [0.2, 0.25) is 0 Å². The molecule has 2 heterocycles. The van der Waals surface area contributed by atoms with Gasteiger partial charge in [-0.05, 0) is 45.1 Å². The predicted molar refractivity (Wildman–Crippen MR) is 128 cm³/mol. The highest BCUT2D eigenvalue weighted by Crippen LogP contribution is 2.41. The Bertz CT molecular complexity index is 905. The Hall–Kier alpha value is -2.67. The normalized spacial score (nSPS) is 22.3. The minimum atomic E-state index is -0.581. The number of nitrogens with zero attached hydrogens (tertiary/aromatic N) is 2. The number of benzene rings is 1. The summed E-state index contributed by atoms with van der Waals surface area (Å²) in [6.45, 7) is 12.1. The fourth-order valence-corrected chi connectivity index (χ4v) is 4.88. The molecule has 1 fully saturated rings. The third kappa shape index (κ3) is 6.67. The van der Waals surface area contributed by atoms with E-state index in [1.165, 1.54) is 0 Å². The van der Waals surface area contributed by atoms with Crippen molar-refractivity contribution >= 4 is 11.9 Å². The first kappa shape index (κ1) is 25.0. The van der Waals surface area contributed by atoms with Gasteiger partial charge in [0.25, 0.3) is 0 Å². The van der Waals surface area contributed by atoms with Crippen LogP contribution in [0.25, 0.3) is 0 Å². The number of nitrogens with one attached hydrogen (secondary N) is 2. The first-order valence-corrected chi connectivity index (χ1v) is 11.8. The van der Waals surface area contributed by atoms with Gasteiger partial charge in [0.1, 0.15) is 17.5 Å². The molecular weight excluding hydrogens is 416 g/mol. The Kier molecular flexibility index (Phi) is 7.95. The number of ether oxygens (including phenoxy) is 1. The van der Waals surface area contributed by atoms with Crippen LogP contribution in [0.1, 0.15) is 71.7 Å². The SMILES string of the molecule is CC(=O)N[C@@H](CC(C)C)[C@H]1[C@H](c2ncc[nH]2)C[C@H](C(=O)OC(C)(C)C)N1Cc1ccccc1. The molecule has 3 rings (SSSR count). The third-order valence-electron chi connectivity index (χ3n) is 5.96. The maximum absolute atomic E-state index is 13.4. The van der Waals surface area contributed by atoms with Crippen LogP contribution < -0.4 is 5.32 Å². The van der Waals surface area contributed by atoms with Crippen molar-refractivity contribution in [1.82, 2.24) is 20.2 Å². The van der Waals surface area contributed by atoms with E-state index < -0.39 is 11.6 Å². The van der Waals surface area contributed by atoms with Crippen LogP contribution in [0.4, 0.5) is 0 Å².